The Hall–Kier alpha value is -0.910. The number of aliphatic hydroxyl groups excluding tert-OH is 1. The van der Waals surface area contributed by atoms with Crippen LogP contribution in [0.3, 0.4) is 0 Å². The van der Waals surface area contributed by atoms with Crippen molar-refractivity contribution in [2.24, 2.45) is 10.9 Å². The Balaban J connectivity index is 0.00000480. The molecule has 0 amide bonds. The molecule has 2 rings (SSSR count). The van der Waals surface area contributed by atoms with Gasteiger partial charge in [0.2, 0.25) is 10.0 Å². The Morgan fingerprint density at radius 3 is 2.55 bits per heavy atom. The fourth-order valence-electron chi connectivity index (χ4n) is 3.75. The summed E-state index contributed by atoms with van der Waals surface area (Å²) < 4.78 is 27.4. The zero-order valence-corrected chi connectivity index (χ0v) is 22.0. The highest BCUT2D eigenvalue weighted by molar-refractivity contribution is 14.0. The minimum atomic E-state index is -3.44. The number of hydrogen-bond donors (Lipinski definition) is 3. The van der Waals surface area contributed by atoms with Crippen LogP contribution in [0.5, 0.6) is 0 Å². The molecule has 7 nitrogen and oxygen atoms in total. The third kappa shape index (κ3) is 9.23. The van der Waals surface area contributed by atoms with Crippen molar-refractivity contribution in [1.29, 1.82) is 0 Å². The van der Waals surface area contributed by atoms with Gasteiger partial charge in [-0.3, -0.25) is 0 Å². The van der Waals surface area contributed by atoms with E-state index < -0.39 is 10.0 Å². The zero-order chi connectivity index (χ0) is 21.8. The van der Waals surface area contributed by atoms with Crippen LogP contribution in [0, 0.1) is 5.92 Å². The molecule has 1 heterocycles. The van der Waals surface area contributed by atoms with Gasteiger partial charge in [0, 0.05) is 32.8 Å². The van der Waals surface area contributed by atoms with Crippen LogP contribution in [0.1, 0.15) is 57.9 Å². The Morgan fingerprint density at radius 2 is 1.90 bits per heavy atom. The van der Waals surface area contributed by atoms with Crippen LogP contribution in [-0.2, 0) is 16.6 Å². The normalized spacial score (nSPS) is 16.4. The van der Waals surface area contributed by atoms with Gasteiger partial charge >= 0.3 is 0 Å². The molecule has 1 atom stereocenters. The summed E-state index contributed by atoms with van der Waals surface area (Å²) in [7, 11) is -3.44. The van der Waals surface area contributed by atoms with Crippen molar-refractivity contribution in [3.05, 3.63) is 29.8 Å². The number of nitrogens with one attached hydrogen (secondary N) is 2. The first-order valence-corrected chi connectivity index (χ1v) is 12.7. The third-order valence-corrected chi connectivity index (χ3v) is 7.30. The van der Waals surface area contributed by atoms with Crippen molar-refractivity contribution in [3.8, 4) is 0 Å². The Kier molecular flexibility index (Phi) is 13.6. The van der Waals surface area contributed by atoms with Crippen LogP contribution in [0.4, 0.5) is 0 Å². The molecule has 0 saturated carbocycles. The van der Waals surface area contributed by atoms with Crippen molar-refractivity contribution in [2.45, 2.75) is 63.8 Å². The van der Waals surface area contributed by atoms with Gasteiger partial charge in [-0.2, -0.15) is 4.31 Å². The standard InChI is InChI=1S/C22H38N4O3S.HI/c1-3-9-19(12-15-27)17-24-22(23-4-2)25-18-20-10-8-11-21(16-20)30(28,29)26-13-6-5-7-14-26;/h8,10-11,16,19,27H,3-7,9,12-15,17-18H2,1-2H3,(H2,23,24,25);1H. The maximum atomic E-state index is 12.9. The quantitative estimate of drug-likeness (QED) is 0.217. The highest BCUT2D eigenvalue weighted by atomic mass is 127. The molecule has 1 unspecified atom stereocenters. The third-order valence-electron chi connectivity index (χ3n) is 5.41. The van der Waals surface area contributed by atoms with Gasteiger partial charge in [0.15, 0.2) is 5.96 Å². The molecule has 1 fully saturated rings. The SMILES string of the molecule is CCCC(CCO)CNC(=NCc1cccc(S(=O)(=O)N2CCCCC2)c1)NCC.I. The summed E-state index contributed by atoms with van der Waals surface area (Å²) in [4.78, 5) is 4.98. The second kappa shape index (κ2) is 15.0. The van der Waals surface area contributed by atoms with E-state index in [2.05, 4.69) is 22.5 Å². The van der Waals surface area contributed by atoms with Crippen LogP contribution in [0.2, 0.25) is 0 Å². The van der Waals surface area contributed by atoms with Gasteiger partial charge in [-0.25, -0.2) is 13.4 Å². The Labute approximate surface area is 205 Å². The largest absolute Gasteiger partial charge is 0.396 e. The number of halogens is 1. The summed E-state index contributed by atoms with van der Waals surface area (Å²) in [6.07, 6.45) is 5.86. The predicted molar refractivity (Wildman–Crippen MR) is 137 cm³/mol. The first-order valence-electron chi connectivity index (χ1n) is 11.2. The topological polar surface area (TPSA) is 94.0 Å². The van der Waals surface area contributed by atoms with E-state index in [1.165, 1.54) is 0 Å². The lowest BCUT2D eigenvalue weighted by Crippen LogP contribution is -2.40. The predicted octanol–water partition coefficient (Wildman–Crippen LogP) is 3.33. The minimum absolute atomic E-state index is 0. The van der Waals surface area contributed by atoms with Gasteiger partial charge in [0.1, 0.15) is 0 Å². The van der Waals surface area contributed by atoms with Gasteiger partial charge < -0.3 is 15.7 Å². The highest BCUT2D eigenvalue weighted by Gasteiger charge is 2.25. The fraction of sp³-hybridized carbons (Fsp3) is 0.682. The van der Waals surface area contributed by atoms with Crippen molar-refractivity contribution >= 4 is 40.0 Å². The average Bonchev–Trinajstić information content (AvgIpc) is 2.76. The van der Waals surface area contributed by atoms with Crippen molar-refractivity contribution in [2.75, 3.05) is 32.8 Å². The van der Waals surface area contributed by atoms with E-state index in [0.717, 1.165) is 57.2 Å². The van der Waals surface area contributed by atoms with Crippen molar-refractivity contribution < 1.29 is 13.5 Å². The summed E-state index contributed by atoms with van der Waals surface area (Å²) in [5, 5.41) is 15.8. The van der Waals surface area contributed by atoms with E-state index >= 15 is 0 Å². The molecule has 1 saturated heterocycles. The van der Waals surface area contributed by atoms with Crippen LogP contribution in [0.15, 0.2) is 34.2 Å². The van der Waals surface area contributed by atoms with E-state index in [0.29, 0.717) is 36.4 Å². The van der Waals surface area contributed by atoms with Gasteiger partial charge in [-0.15, -0.1) is 24.0 Å². The van der Waals surface area contributed by atoms with E-state index in [1.54, 1.807) is 22.5 Å². The Bertz CT molecular complexity index is 762. The number of aliphatic imine (C=N–C) groups is 1. The maximum Gasteiger partial charge on any atom is 0.243 e. The molecule has 0 aliphatic carbocycles. The number of benzene rings is 1. The molecule has 31 heavy (non-hydrogen) atoms. The molecule has 1 aromatic carbocycles. The highest BCUT2D eigenvalue weighted by Crippen LogP contribution is 2.21. The lowest BCUT2D eigenvalue weighted by atomic mass is 10.0. The number of nitrogens with zero attached hydrogens (tertiary/aromatic N) is 2. The molecule has 0 radical (unpaired) electrons. The molecule has 1 aliphatic heterocycles. The van der Waals surface area contributed by atoms with Gasteiger partial charge in [-0.1, -0.05) is 31.9 Å². The number of aliphatic hydroxyl groups is 1. The van der Waals surface area contributed by atoms with Crippen molar-refractivity contribution in [1.82, 2.24) is 14.9 Å². The molecular formula is C22H39IN4O3S. The number of hydrogen-bond acceptors (Lipinski definition) is 4. The summed E-state index contributed by atoms with van der Waals surface area (Å²) in [5.41, 5.74) is 0.866. The van der Waals surface area contributed by atoms with Gasteiger partial charge in [-0.05, 0) is 56.2 Å². The van der Waals surface area contributed by atoms with E-state index in [4.69, 9.17) is 0 Å². The molecule has 0 bridgehead atoms. The van der Waals surface area contributed by atoms with Gasteiger partial charge in [0.25, 0.3) is 0 Å². The van der Waals surface area contributed by atoms with Crippen LogP contribution < -0.4 is 10.6 Å². The second-order valence-corrected chi connectivity index (χ2v) is 9.79. The molecular weight excluding hydrogens is 527 g/mol. The molecule has 3 N–H and O–H groups in total. The van der Waals surface area contributed by atoms with E-state index in [1.807, 2.05) is 13.0 Å². The first kappa shape index (κ1) is 28.1. The fourth-order valence-corrected chi connectivity index (χ4v) is 5.34. The van der Waals surface area contributed by atoms with Gasteiger partial charge in [0.05, 0.1) is 11.4 Å². The second-order valence-electron chi connectivity index (χ2n) is 7.86. The van der Waals surface area contributed by atoms with Crippen molar-refractivity contribution in [3.63, 3.8) is 0 Å². The summed E-state index contributed by atoms with van der Waals surface area (Å²) in [6.45, 7) is 7.46. The lowest BCUT2D eigenvalue weighted by Gasteiger charge is -2.26. The molecule has 0 aromatic heterocycles. The number of rotatable bonds is 11. The van der Waals surface area contributed by atoms with Crippen LogP contribution in [0.25, 0.3) is 0 Å². The summed E-state index contributed by atoms with van der Waals surface area (Å²) in [6, 6.07) is 7.11. The Morgan fingerprint density at radius 1 is 1.16 bits per heavy atom. The number of piperidine rings is 1. The van der Waals surface area contributed by atoms with E-state index in [9.17, 15) is 13.5 Å². The smallest absolute Gasteiger partial charge is 0.243 e. The zero-order valence-electron chi connectivity index (χ0n) is 18.8. The minimum Gasteiger partial charge on any atom is -0.396 e. The average molecular weight is 567 g/mol. The monoisotopic (exact) mass is 566 g/mol. The van der Waals surface area contributed by atoms with Crippen LogP contribution >= 0.6 is 24.0 Å². The van der Waals surface area contributed by atoms with E-state index in [-0.39, 0.29) is 30.6 Å². The molecule has 1 aliphatic rings. The number of guanidine groups is 1. The molecule has 0 spiro atoms. The molecule has 1 aromatic rings. The lowest BCUT2D eigenvalue weighted by molar-refractivity contribution is 0.251. The number of sulfonamides is 1. The molecule has 9 heteroatoms. The summed E-state index contributed by atoms with van der Waals surface area (Å²) >= 11 is 0. The first-order chi connectivity index (χ1) is 14.5. The maximum absolute atomic E-state index is 12.9. The molecule has 178 valence electrons. The van der Waals surface area contributed by atoms with Crippen LogP contribution in [-0.4, -0.2) is 56.6 Å². The summed E-state index contributed by atoms with van der Waals surface area (Å²) in [5.74, 6) is 1.11.